The lowest BCUT2D eigenvalue weighted by molar-refractivity contribution is -0.369. The highest BCUT2D eigenvalue weighted by Crippen LogP contribution is 2.47. The molecule has 0 aromatic carbocycles. The Morgan fingerprint density at radius 2 is 1.75 bits per heavy atom. The van der Waals surface area contributed by atoms with Gasteiger partial charge in [-0.2, -0.15) is 26.3 Å². The summed E-state index contributed by atoms with van der Waals surface area (Å²) >= 11 is 0. The second-order valence-corrected chi connectivity index (χ2v) is 4.08. The van der Waals surface area contributed by atoms with Gasteiger partial charge in [0.1, 0.15) is 6.04 Å². The van der Waals surface area contributed by atoms with Gasteiger partial charge in [0.25, 0.3) is 0 Å². The number of esters is 1. The molecule has 2 N–H and O–H groups in total. The van der Waals surface area contributed by atoms with Crippen LogP contribution in [0.5, 0.6) is 0 Å². The highest BCUT2D eigenvalue weighted by molar-refractivity contribution is 5.79. The summed E-state index contributed by atoms with van der Waals surface area (Å²) < 4.78 is 78.8. The van der Waals surface area contributed by atoms with E-state index in [9.17, 15) is 35.9 Å². The fraction of sp³-hybridized carbons (Fsp3) is 0.778. The first-order valence-corrected chi connectivity index (χ1v) is 5.26. The number of cyclic esters (lactones) is 1. The molecule has 0 aromatic rings. The van der Waals surface area contributed by atoms with E-state index in [4.69, 9.17) is 5.11 Å². The molecule has 1 heterocycles. The van der Waals surface area contributed by atoms with Crippen molar-refractivity contribution < 1.29 is 45.8 Å². The maximum absolute atomic E-state index is 12.6. The Morgan fingerprint density at radius 1 is 1.25 bits per heavy atom. The molecule has 0 aromatic heterocycles. The number of halogens is 6. The van der Waals surface area contributed by atoms with Crippen molar-refractivity contribution in [3.05, 3.63) is 0 Å². The average molecular weight is 309 g/mol. The summed E-state index contributed by atoms with van der Waals surface area (Å²) in [4.78, 5) is 21.3. The van der Waals surface area contributed by atoms with Crippen molar-refractivity contribution in [2.45, 2.75) is 43.4 Å². The SMILES string of the molecule is O=C(O)CCC[C@@H]1NC(C(F)(F)F)(C(F)(F)F)OC1=O. The van der Waals surface area contributed by atoms with Crippen LogP contribution >= 0.6 is 0 Å². The fourth-order valence-corrected chi connectivity index (χ4v) is 1.64. The van der Waals surface area contributed by atoms with Gasteiger partial charge in [0.15, 0.2) is 0 Å². The van der Waals surface area contributed by atoms with E-state index in [1.54, 1.807) is 0 Å². The fourth-order valence-electron chi connectivity index (χ4n) is 1.64. The molecule has 0 saturated carbocycles. The third-order valence-electron chi connectivity index (χ3n) is 2.60. The monoisotopic (exact) mass is 309 g/mol. The highest BCUT2D eigenvalue weighted by atomic mass is 19.4. The molecular formula is C9H9F6NO4. The maximum atomic E-state index is 12.6. The number of rotatable bonds is 4. The van der Waals surface area contributed by atoms with Crippen molar-refractivity contribution in [1.82, 2.24) is 5.32 Å². The molecule has 20 heavy (non-hydrogen) atoms. The van der Waals surface area contributed by atoms with E-state index in [0.717, 1.165) is 5.32 Å². The molecule has 1 aliphatic rings. The first-order chi connectivity index (χ1) is 8.91. The molecule has 116 valence electrons. The van der Waals surface area contributed by atoms with Gasteiger partial charge in [0, 0.05) is 6.42 Å². The zero-order valence-electron chi connectivity index (χ0n) is 9.64. The first-order valence-electron chi connectivity index (χ1n) is 5.26. The van der Waals surface area contributed by atoms with Crippen molar-refractivity contribution in [3.63, 3.8) is 0 Å². The zero-order valence-corrected chi connectivity index (χ0v) is 9.64. The number of aliphatic carboxylic acids is 1. The van der Waals surface area contributed by atoms with E-state index in [-0.39, 0.29) is 6.42 Å². The average Bonchev–Trinajstić information content (AvgIpc) is 2.55. The molecule has 1 saturated heterocycles. The number of ether oxygens (including phenoxy) is 1. The molecule has 0 bridgehead atoms. The Balaban J connectivity index is 2.88. The highest BCUT2D eigenvalue weighted by Gasteiger charge is 2.78. The second kappa shape index (κ2) is 5.11. The molecule has 11 heteroatoms. The molecular weight excluding hydrogens is 300 g/mol. The number of carbonyl (C=O) groups excluding carboxylic acids is 1. The Morgan fingerprint density at radius 3 is 2.10 bits per heavy atom. The van der Waals surface area contributed by atoms with Crippen LogP contribution in [-0.2, 0) is 14.3 Å². The number of alkyl halides is 6. The Labute approximate surface area is 107 Å². The summed E-state index contributed by atoms with van der Waals surface area (Å²) in [5, 5.41) is 9.41. The quantitative estimate of drug-likeness (QED) is 0.609. The first kappa shape index (κ1) is 16.5. The summed E-state index contributed by atoms with van der Waals surface area (Å²) in [5.41, 5.74) is -4.75. The second-order valence-electron chi connectivity index (χ2n) is 4.08. The molecule has 0 unspecified atom stereocenters. The number of carboxylic acids is 1. The van der Waals surface area contributed by atoms with Crippen molar-refractivity contribution in [3.8, 4) is 0 Å². The summed E-state index contributed by atoms with van der Waals surface area (Å²) in [7, 11) is 0. The van der Waals surface area contributed by atoms with Gasteiger partial charge in [-0.05, 0) is 12.8 Å². The van der Waals surface area contributed by atoms with Crippen LogP contribution in [-0.4, -0.2) is 41.2 Å². The molecule has 5 nitrogen and oxygen atoms in total. The normalized spacial score (nSPS) is 22.7. The predicted octanol–water partition coefficient (Wildman–Crippen LogP) is 1.58. The lowest BCUT2D eigenvalue weighted by Crippen LogP contribution is -2.65. The summed E-state index contributed by atoms with van der Waals surface area (Å²) in [6.45, 7) is 0. The molecule has 1 rings (SSSR count). The Hall–Kier alpha value is -1.52. The third-order valence-corrected chi connectivity index (χ3v) is 2.60. The van der Waals surface area contributed by atoms with Crippen molar-refractivity contribution in [2.24, 2.45) is 0 Å². The van der Waals surface area contributed by atoms with Crippen LogP contribution in [0.15, 0.2) is 0 Å². The molecule has 1 aliphatic heterocycles. The smallest absolute Gasteiger partial charge is 0.452 e. The van der Waals surface area contributed by atoms with Gasteiger partial charge in [-0.25, -0.2) is 0 Å². The van der Waals surface area contributed by atoms with Crippen LogP contribution in [0.3, 0.4) is 0 Å². The number of nitrogens with one attached hydrogen (secondary N) is 1. The Kier molecular flexibility index (Phi) is 4.22. The minimum atomic E-state index is -5.89. The van der Waals surface area contributed by atoms with E-state index >= 15 is 0 Å². The van der Waals surface area contributed by atoms with Crippen molar-refractivity contribution in [2.75, 3.05) is 0 Å². The third kappa shape index (κ3) is 2.97. The zero-order chi connectivity index (χ0) is 15.8. The van der Waals surface area contributed by atoms with Gasteiger partial charge in [-0.3, -0.25) is 14.9 Å². The molecule has 1 atom stereocenters. The van der Waals surface area contributed by atoms with Gasteiger partial charge < -0.3 is 9.84 Å². The van der Waals surface area contributed by atoms with E-state index in [2.05, 4.69) is 4.74 Å². The molecule has 0 radical (unpaired) electrons. The number of hydrogen-bond acceptors (Lipinski definition) is 4. The minimum absolute atomic E-state index is 0.270. The lowest BCUT2D eigenvalue weighted by Gasteiger charge is -2.31. The van der Waals surface area contributed by atoms with Gasteiger partial charge in [-0.1, -0.05) is 0 Å². The van der Waals surface area contributed by atoms with Crippen LogP contribution in [0.4, 0.5) is 26.3 Å². The van der Waals surface area contributed by atoms with Crippen LogP contribution in [0.1, 0.15) is 19.3 Å². The topological polar surface area (TPSA) is 75.6 Å². The summed E-state index contributed by atoms with van der Waals surface area (Å²) in [6, 6.07) is -1.86. The van der Waals surface area contributed by atoms with Crippen LogP contribution in [0.2, 0.25) is 0 Å². The van der Waals surface area contributed by atoms with Gasteiger partial charge >= 0.3 is 30.0 Å². The standard InChI is InChI=1S/C9H9F6NO4/c10-8(11,12)7(9(13,14)15)16-4(6(19)20-7)2-1-3-5(17)18/h4,16H,1-3H2,(H,17,18)/t4-/m0/s1. The van der Waals surface area contributed by atoms with Crippen LogP contribution in [0, 0.1) is 0 Å². The molecule has 0 amide bonds. The largest absolute Gasteiger partial charge is 0.481 e. The number of hydrogen-bond donors (Lipinski definition) is 2. The maximum Gasteiger partial charge on any atom is 0.452 e. The van der Waals surface area contributed by atoms with E-state index in [1.165, 1.54) is 0 Å². The van der Waals surface area contributed by atoms with Gasteiger partial charge in [0.05, 0.1) is 0 Å². The predicted molar refractivity (Wildman–Crippen MR) is 49.3 cm³/mol. The van der Waals surface area contributed by atoms with Gasteiger partial charge in [0.2, 0.25) is 0 Å². The van der Waals surface area contributed by atoms with Crippen LogP contribution in [0.25, 0.3) is 0 Å². The summed E-state index contributed by atoms with van der Waals surface area (Å²) in [5.74, 6) is -3.00. The molecule has 1 fully saturated rings. The lowest BCUT2D eigenvalue weighted by atomic mass is 10.1. The minimum Gasteiger partial charge on any atom is -0.481 e. The van der Waals surface area contributed by atoms with E-state index in [1.807, 2.05) is 0 Å². The van der Waals surface area contributed by atoms with E-state index in [0.29, 0.717) is 0 Å². The number of carbonyl (C=O) groups is 2. The summed E-state index contributed by atoms with van der Waals surface area (Å²) in [6.07, 6.45) is -13.0. The van der Waals surface area contributed by atoms with Gasteiger partial charge in [-0.15, -0.1) is 0 Å². The van der Waals surface area contributed by atoms with Crippen molar-refractivity contribution >= 4 is 11.9 Å². The van der Waals surface area contributed by atoms with Crippen LogP contribution < -0.4 is 5.32 Å². The van der Waals surface area contributed by atoms with Crippen molar-refractivity contribution in [1.29, 1.82) is 0 Å². The number of carboxylic acid groups (broad SMARTS) is 1. The van der Waals surface area contributed by atoms with E-state index < -0.39 is 48.9 Å². The Bertz CT molecular complexity index is 390. The molecule has 0 aliphatic carbocycles. The molecule has 0 spiro atoms.